The van der Waals surface area contributed by atoms with E-state index in [0.29, 0.717) is 12.5 Å². The Labute approximate surface area is 90.3 Å². The maximum atomic E-state index is 5.24. The molecule has 1 aromatic heterocycles. The molecular weight excluding hydrogens is 192 g/mol. The standard InChI is InChI=1S/C10H18N4O/c1-3-11-5-6-13-9-7-12-8-10(14-9)15-4-2/h7-8,11H,3-6H2,1-2H3,(H,13,14). The molecule has 0 atom stereocenters. The molecule has 15 heavy (non-hydrogen) atoms. The molecule has 0 saturated heterocycles. The Hall–Kier alpha value is -1.36. The summed E-state index contributed by atoms with van der Waals surface area (Å²) in [4.78, 5) is 8.27. The van der Waals surface area contributed by atoms with Gasteiger partial charge < -0.3 is 15.4 Å². The molecule has 1 heterocycles. The smallest absolute Gasteiger partial charge is 0.234 e. The van der Waals surface area contributed by atoms with Gasteiger partial charge in [-0.25, -0.2) is 0 Å². The summed E-state index contributed by atoms with van der Waals surface area (Å²) >= 11 is 0. The molecule has 0 spiro atoms. The van der Waals surface area contributed by atoms with Crippen LogP contribution in [0.2, 0.25) is 0 Å². The van der Waals surface area contributed by atoms with Gasteiger partial charge in [0.15, 0.2) is 0 Å². The molecule has 2 N–H and O–H groups in total. The summed E-state index contributed by atoms with van der Waals surface area (Å²) in [6.07, 6.45) is 3.30. The van der Waals surface area contributed by atoms with Crippen LogP contribution >= 0.6 is 0 Å². The zero-order chi connectivity index (χ0) is 10.9. The van der Waals surface area contributed by atoms with Crippen LogP contribution < -0.4 is 15.4 Å². The molecule has 5 heteroatoms. The van der Waals surface area contributed by atoms with Gasteiger partial charge in [-0.05, 0) is 13.5 Å². The number of anilines is 1. The minimum atomic E-state index is 0.561. The summed E-state index contributed by atoms with van der Waals surface area (Å²) in [6.45, 7) is 7.33. The van der Waals surface area contributed by atoms with E-state index in [-0.39, 0.29) is 0 Å². The Kier molecular flexibility index (Phi) is 5.47. The first kappa shape index (κ1) is 11.7. The van der Waals surface area contributed by atoms with Crippen LogP contribution in [-0.2, 0) is 0 Å². The fraction of sp³-hybridized carbons (Fsp3) is 0.600. The van der Waals surface area contributed by atoms with Crippen molar-refractivity contribution in [3.8, 4) is 5.88 Å². The minimum absolute atomic E-state index is 0.561. The normalized spacial score (nSPS) is 10.0. The van der Waals surface area contributed by atoms with E-state index in [1.54, 1.807) is 12.4 Å². The highest BCUT2D eigenvalue weighted by atomic mass is 16.5. The van der Waals surface area contributed by atoms with Crippen molar-refractivity contribution in [2.45, 2.75) is 13.8 Å². The van der Waals surface area contributed by atoms with Gasteiger partial charge in [0.05, 0.1) is 19.0 Å². The first-order valence-electron chi connectivity index (χ1n) is 5.26. The predicted molar refractivity (Wildman–Crippen MR) is 60.2 cm³/mol. The van der Waals surface area contributed by atoms with E-state index in [2.05, 4.69) is 27.5 Å². The molecule has 0 aliphatic heterocycles. The molecule has 0 amide bonds. The number of rotatable bonds is 7. The monoisotopic (exact) mass is 210 g/mol. The highest BCUT2D eigenvalue weighted by Crippen LogP contribution is 2.07. The minimum Gasteiger partial charge on any atom is -0.477 e. The lowest BCUT2D eigenvalue weighted by Gasteiger charge is -2.07. The van der Waals surface area contributed by atoms with Crippen LogP contribution in [0.3, 0.4) is 0 Å². The Balaban J connectivity index is 2.36. The van der Waals surface area contributed by atoms with E-state index in [1.807, 2.05) is 6.92 Å². The van der Waals surface area contributed by atoms with Gasteiger partial charge in [0.1, 0.15) is 5.82 Å². The maximum Gasteiger partial charge on any atom is 0.234 e. The first-order valence-corrected chi connectivity index (χ1v) is 5.26. The number of nitrogens with zero attached hydrogens (tertiary/aromatic N) is 2. The van der Waals surface area contributed by atoms with E-state index >= 15 is 0 Å². The van der Waals surface area contributed by atoms with E-state index < -0.39 is 0 Å². The quantitative estimate of drug-likeness (QED) is 0.655. The molecule has 1 aromatic rings. The summed E-state index contributed by atoms with van der Waals surface area (Å²) < 4.78 is 5.24. The molecule has 5 nitrogen and oxygen atoms in total. The number of nitrogens with one attached hydrogen (secondary N) is 2. The van der Waals surface area contributed by atoms with Crippen LogP contribution in [0.15, 0.2) is 12.4 Å². The highest BCUT2D eigenvalue weighted by molar-refractivity contribution is 5.33. The number of hydrogen-bond donors (Lipinski definition) is 2. The number of aromatic nitrogens is 2. The van der Waals surface area contributed by atoms with Gasteiger partial charge in [0.2, 0.25) is 5.88 Å². The van der Waals surface area contributed by atoms with Crippen molar-refractivity contribution in [3.63, 3.8) is 0 Å². The fourth-order valence-electron chi connectivity index (χ4n) is 1.11. The summed E-state index contributed by atoms with van der Waals surface area (Å²) in [5, 5.41) is 6.38. The summed E-state index contributed by atoms with van der Waals surface area (Å²) in [5.74, 6) is 1.31. The molecule has 0 fully saturated rings. The van der Waals surface area contributed by atoms with Gasteiger partial charge >= 0.3 is 0 Å². The van der Waals surface area contributed by atoms with Gasteiger partial charge in [-0.1, -0.05) is 6.92 Å². The van der Waals surface area contributed by atoms with Crippen LogP contribution in [0.4, 0.5) is 5.82 Å². The average Bonchev–Trinajstić information content (AvgIpc) is 2.26. The summed E-state index contributed by atoms with van der Waals surface area (Å²) in [6, 6.07) is 0. The van der Waals surface area contributed by atoms with Crippen molar-refractivity contribution in [2.75, 3.05) is 31.6 Å². The van der Waals surface area contributed by atoms with Crippen molar-refractivity contribution >= 4 is 5.82 Å². The van der Waals surface area contributed by atoms with Crippen molar-refractivity contribution in [3.05, 3.63) is 12.4 Å². The third-order valence-electron chi connectivity index (χ3n) is 1.76. The largest absolute Gasteiger partial charge is 0.477 e. The molecule has 0 saturated carbocycles. The average molecular weight is 210 g/mol. The molecule has 0 radical (unpaired) electrons. The lowest BCUT2D eigenvalue weighted by Crippen LogP contribution is -2.22. The van der Waals surface area contributed by atoms with E-state index in [4.69, 9.17) is 4.74 Å². The lowest BCUT2D eigenvalue weighted by molar-refractivity contribution is 0.325. The summed E-state index contributed by atoms with van der Waals surface area (Å²) in [5.41, 5.74) is 0. The molecule has 0 aliphatic carbocycles. The van der Waals surface area contributed by atoms with Crippen molar-refractivity contribution in [1.82, 2.24) is 15.3 Å². The molecule has 1 rings (SSSR count). The number of hydrogen-bond acceptors (Lipinski definition) is 5. The molecule has 84 valence electrons. The van der Waals surface area contributed by atoms with Crippen LogP contribution in [0.25, 0.3) is 0 Å². The molecule has 0 aliphatic rings. The second kappa shape index (κ2) is 7.00. The van der Waals surface area contributed by atoms with Crippen LogP contribution in [-0.4, -0.2) is 36.2 Å². The molecule has 0 bridgehead atoms. The Bertz CT molecular complexity index is 280. The fourth-order valence-corrected chi connectivity index (χ4v) is 1.11. The molecule has 0 unspecified atom stereocenters. The van der Waals surface area contributed by atoms with E-state index in [0.717, 1.165) is 25.5 Å². The number of ether oxygens (including phenoxy) is 1. The first-order chi connectivity index (χ1) is 7.36. The van der Waals surface area contributed by atoms with Gasteiger partial charge in [-0.3, -0.25) is 4.98 Å². The van der Waals surface area contributed by atoms with Crippen molar-refractivity contribution in [1.29, 1.82) is 0 Å². The SMILES string of the molecule is CCNCCNc1cncc(OCC)n1. The summed E-state index contributed by atoms with van der Waals surface area (Å²) in [7, 11) is 0. The Morgan fingerprint density at radius 1 is 1.27 bits per heavy atom. The van der Waals surface area contributed by atoms with Crippen LogP contribution in [0.5, 0.6) is 5.88 Å². The third-order valence-corrected chi connectivity index (χ3v) is 1.76. The predicted octanol–water partition coefficient (Wildman–Crippen LogP) is 0.897. The van der Waals surface area contributed by atoms with Crippen molar-refractivity contribution < 1.29 is 4.74 Å². The van der Waals surface area contributed by atoms with Crippen LogP contribution in [0, 0.1) is 0 Å². The van der Waals surface area contributed by atoms with Crippen LogP contribution in [0.1, 0.15) is 13.8 Å². The van der Waals surface area contributed by atoms with Gasteiger partial charge in [-0.15, -0.1) is 0 Å². The Morgan fingerprint density at radius 3 is 2.87 bits per heavy atom. The highest BCUT2D eigenvalue weighted by Gasteiger charge is 1.97. The van der Waals surface area contributed by atoms with Gasteiger partial charge in [-0.2, -0.15) is 4.98 Å². The topological polar surface area (TPSA) is 59.1 Å². The zero-order valence-electron chi connectivity index (χ0n) is 9.29. The Morgan fingerprint density at radius 2 is 2.13 bits per heavy atom. The molecular formula is C10H18N4O. The van der Waals surface area contributed by atoms with Gasteiger partial charge in [0.25, 0.3) is 0 Å². The van der Waals surface area contributed by atoms with E-state index in [1.165, 1.54) is 0 Å². The number of likely N-dealkylation sites (N-methyl/N-ethyl adjacent to an activating group) is 1. The van der Waals surface area contributed by atoms with Gasteiger partial charge in [0, 0.05) is 13.1 Å². The molecule has 0 aromatic carbocycles. The second-order valence-corrected chi connectivity index (χ2v) is 2.96. The zero-order valence-corrected chi connectivity index (χ0v) is 9.29. The maximum absolute atomic E-state index is 5.24. The second-order valence-electron chi connectivity index (χ2n) is 2.96. The lowest BCUT2D eigenvalue weighted by atomic mass is 10.5. The third kappa shape index (κ3) is 4.60. The van der Waals surface area contributed by atoms with Crippen molar-refractivity contribution in [2.24, 2.45) is 0 Å². The van der Waals surface area contributed by atoms with E-state index in [9.17, 15) is 0 Å².